The average molecular weight is 1590 g/mol. The quantitative estimate of drug-likeness (QED) is 0.0127. The number of primary amides is 2. The molecular formula is C66H110N24O18S2. The lowest BCUT2D eigenvalue weighted by Gasteiger charge is -2.32. The number of hydrogen-bond acceptors (Lipinski definition) is 25. The molecule has 0 heterocycles. The highest BCUT2D eigenvalue weighted by Crippen LogP contribution is 2.20. The number of aromatic hydroxyl groups is 2. The standard InChI is InChI=1S/C66H110N24O18S2/c1-33(91)49(89-57(101)42(12-8-28-79-65(76)108)82-52(96)40(10-6-26-77-63(72)73)83-58(102)45(31-48(71)94)86-61(105)50(66(2,3)110)90-51(95)38(70)29-34-13-17-36(92)18-14-34)60(104)85-44(22-25-69)56(100)80-39(9-4-5-23-67)54(98)88-47(32-109)59(103)84-43(21-24-68)55(99)81-41(11-7-27-78-64(74)75)53(97)87-46(62(106)107)30-35-15-19-37(93)20-16-35/h13-20,33,38-47,49-50,91-93,109-110H,4-12,21-32,67-70H2,1-3H3,(H2,71,94)(H,80,100)(H,81,99)(H,82,96)(H,83,102)(H,84,103)(H,85,104)(H,86,105)(H,87,97)(H,88,98)(H,89,101)(H,90,95)(H,106,107)(H4,72,73,77)(H4,74,75,78)(H3,76,79,108)/t33-,38+,39+,40+,41+,42+,43+,44-,45+,46+,47+,49+,50-/m1/s1. The number of aliphatic hydroxyl groups is 1. The number of carboxylic acids is 1. The third kappa shape index (κ3) is 36.6. The fourth-order valence-corrected chi connectivity index (χ4v) is 11.0. The molecule has 0 bridgehead atoms. The van der Waals surface area contributed by atoms with Crippen LogP contribution in [0.2, 0.25) is 0 Å². The summed E-state index contributed by atoms with van der Waals surface area (Å²) in [6, 6.07) is -8.71. The molecule has 13 atom stereocenters. The Morgan fingerprint density at radius 2 is 0.782 bits per heavy atom. The number of carbonyl (C=O) groups excluding carboxylic acids is 13. The fourth-order valence-electron chi connectivity index (χ4n) is 10.6. The second-order valence-corrected chi connectivity index (χ2v) is 27.8. The first-order chi connectivity index (χ1) is 51.7. The van der Waals surface area contributed by atoms with E-state index in [4.69, 9.17) is 56.7 Å². The predicted octanol–water partition coefficient (Wildman–Crippen LogP) is -8.68. The van der Waals surface area contributed by atoms with Crippen molar-refractivity contribution in [1.82, 2.24) is 74.4 Å². The van der Waals surface area contributed by atoms with Crippen LogP contribution in [0.15, 0.2) is 48.5 Å². The van der Waals surface area contributed by atoms with Crippen LogP contribution in [0, 0.1) is 10.8 Å². The van der Waals surface area contributed by atoms with Gasteiger partial charge < -0.3 is 141 Å². The Kier molecular flexibility index (Phi) is 43.0. The van der Waals surface area contributed by atoms with Crippen LogP contribution >= 0.6 is 25.3 Å². The molecule has 44 heteroatoms. The Morgan fingerprint density at radius 1 is 0.436 bits per heavy atom. The van der Waals surface area contributed by atoms with Crippen molar-refractivity contribution < 1.29 is 87.5 Å². The van der Waals surface area contributed by atoms with E-state index in [2.05, 4.69) is 99.7 Å². The summed E-state index contributed by atoms with van der Waals surface area (Å²) in [6.07, 6.45) is -3.96. The van der Waals surface area contributed by atoms with Gasteiger partial charge in [-0.1, -0.05) is 24.3 Å². The number of thiol groups is 2. The SMILES string of the molecule is C[C@@H](O)[C@H](NC(=O)[C@H](CCCNC(N)=O)NC(=O)[C@H](CCCNC(=N)N)NC(=O)[C@H](CC(N)=O)NC(=O)[C@@H](NC(=O)[C@@H](N)Cc1ccc(O)cc1)C(C)(C)S)C(=O)N[C@H](CCN)C(=O)N[C@@H](CCCCN)C(=O)N[C@@H](CS)C(=O)N[C@@H](CCN)C(=O)N[C@@H](CCCNC(=N)N)C(=O)N[C@@H](Cc1ccc(O)cc1)C(=O)O. The summed E-state index contributed by atoms with van der Waals surface area (Å²) in [7, 11) is 0. The summed E-state index contributed by atoms with van der Waals surface area (Å²) in [6.45, 7) is 3.42. The Balaban J connectivity index is 2.47. The molecule has 0 fully saturated rings. The number of amides is 14. The summed E-state index contributed by atoms with van der Waals surface area (Å²) in [5.41, 5.74) is 46.4. The Labute approximate surface area is 646 Å². The number of benzene rings is 2. The highest BCUT2D eigenvalue weighted by Gasteiger charge is 2.40. The molecule has 0 unspecified atom stereocenters. The number of carbonyl (C=O) groups is 14. The lowest BCUT2D eigenvalue weighted by atomic mass is 9.99. The van der Waals surface area contributed by atoms with Crippen molar-refractivity contribution >= 4 is 120 Å². The smallest absolute Gasteiger partial charge is 0.326 e. The summed E-state index contributed by atoms with van der Waals surface area (Å²) >= 11 is 8.75. The van der Waals surface area contributed by atoms with Gasteiger partial charge in [-0.15, -0.1) is 0 Å². The largest absolute Gasteiger partial charge is 0.508 e. The lowest BCUT2D eigenvalue weighted by molar-refractivity contribution is -0.142. The number of nitrogens with two attached hydrogens (primary N) is 8. The zero-order valence-corrected chi connectivity index (χ0v) is 63.3. The van der Waals surface area contributed by atoms with E-state index in [-0.39, 0.29) is 128 Å². The average Bonchev–Trinajstić information content (AvgIpc) is 0.837. The summed E-state index contributed by atoms with van der Waals surface area (Å²) in [5.74, 6) is -15.4. The van der Waals surface area contributed by atoms with Crippen molar-refractivity contribution in [2.75, 3.05) is 45.0 Å². The number of rotatable bonds is 52. The van der Waals surface area contributed by atoms with E-state index in [1.165, 1.54) is 62.4 Å². The third-order valence-corrected chi connectivity index (χ3v) is 17.1. The minimum atomic E-state index is -1.95. The number of hydrogen-bond donors (Lipinski definition) is 30. The molecule has 2 aromatic carbocycles. The van der Waals surface area contributed by atoms with Gasteiger partial charge in [-0.05, 0) is 153 Å². The Bertz CT molecular complexity index is 3430. The van der Waals surface area contributed by atoms with E-state index in [0.717, 1.165) is 6.92 Å². The van der Waals surface area contributed by atoms with Crippen molar-refractivity contribution in [3.63, 3.8) is 0 Å². The van der Waals surface area contributed by atoms with Crippen LogP contribution in [0.1, 0.15) is 109 Å². The molecule has 2 rings (SSSR count). The highest BCUT2D eigenvalue weighted by atomic mass is 32.1. The molecule has 0 spiro atoms. The minimum Gasteiger partial charge on any atom is -0.508 e. The predicted molar refractivity (Wildman–Crippen MR) is 408 cm³/mol. The van der Waals surface area contributed by atoms with Crippen molar-refractivity contribution in [2.24, 2.45) is 45.9 Å². The lowest BCUT2D eigenvalue weighted by Crippen LogP contribution is -2.63. The van der Waals surface area contributed by atoms with Crippen molar-refractivity contribution in [2.45, 2.75) is 194 Å². The molecule has 0 aromatic heterocycles. The van der Waals surface area contributed by atoms with Gasteiger partial charge in [0, 0.05) is 36.6 Å². The molecule has 614 valence electrons. The van der Waals surface area contributed by atoms with Gasteiger partial charge >= 0.3 is 12.0 Å². The van der Waals surface area contributed by atoms with Crippen LogP contribution in [0.3, 0.4) is 0 Å². The maximum atomic E-state index is 14.5. The van der Waals surface area contributed by atoms with E-state index < -0.39 is 190 Å². The second-order valence-electron chi connectivity index (χ2n) is 26.2. The van der Waals surface area contributed by atoms with Crippen LogP contribution in [0.5, 0.6) is 11.5 Å². The molecule has 42 nitrogen and oxygen atoms in total. The van der Waals surface area contributed by atoms with Crippen LogP contribution < -0.4 is 120 Å². The molecule has 0 aliphatic heterocycles. The molecule has 0 aliphatic rings. The van der Waals surface area contributed by atoms with Crippen LogP contribution in [-0.2, 0) is 75.2 Å². The minimum absolute atomic E-state index is 0.0342. The van der Waals surface area contributed by atoms with Gasteiger partial charge in [0.2, 0.25) is 70.9 Å². The maximum Gasteiger partial charge on any atom is 0.326 e. The van der Waals surface area contributed by atoms with Gasteiger partial charge in [0.1, 0.15) is 78.0 Å². The van der Waals surface area contributed by atoms with E-state index in [1.54, 1.807) is 0 Å². The summed E-state index contributed by atoms with van der Waals surface area (Å²) in [5, 5.41) is 90.0. The van der Waals surface area contributed by atoms with E-state index in [9.17, 15) is 87.5 Å². The Morgan fingerprint density at radius 3 is 1.15 bits per heavy atom. The fraction of sp³-hybridized carbons (Fsp3) is 0.576. The number of carboxylic acid groups (broad SMARTS) is 1. The molecule has 0 saturated heterocycles. The zero-order valence-electron chi connectivity index (χ0n) is 61.5. The van der Waals surface area contributed by atoms with E-state index in [1.807, 2.05) is 0 Å². The highest BCUT2D eigenvalue weighted by molar-refractivity contribution is 7.81. The number of aliphatic carboxylic acids is 1. The molecule has 14 amide bonds. The first-order valence-corrected chi connectivity index (χ1v) is 36.3. The number of phenols is 2. The van der Waals surface area contributed by atoms with Gasteiger partial charge in [-0.2, -0.15) is 25.3 Å². The van der Waals surface area contributed by atoms with Gasteiger partial charge in [0.25, 0.3) is 0 Å². The molecular weight excluding hydrogens is 1480 g/mol. The van der Waals surface area contributed by atoms with Crippen LogP contribution in [0.25, 0.3) is 0 Å². The molecule has 0 aliphatic carbocycles. The van der Waals surface area contributed by atoms with Crippen molar-refractivity contribution in [1.29, 1.82) is 10.8 Å². The second kappa shape index (κ2) is 49.5. The molecule has 110 heavy (non-hydrogen) atoms. The summed E-state index contributed by atoms with van der Waals surface area (Å²) < 4.78 is -1.38. The van der Waals surface area contributed by atoms with Gasteiger partial charge in [0.05, 0.1) is 18.6 Å². The van der Waals surface area contributed by atoms with E-state index >= 15 is 0 Å². The first kappa shape index (κ1) is 95.5. The monoisotopic (exact) mass is 1590 g/mol. The third-order valence-electron chi connectivity index (χ3n) is 16.5. The maximum absolute atomic E-state index is 14.5. The van der Waals surface area contributed by atoms with Crippen molar-refractivity contribution in [3.05, 3.63) is 59.7 Å². The molecule has 0 radical (unpaired) electrons. The number of aliphatic hydroxyl groups excluding tert-OH is 1. The Hall–Kier alpha value is -10.5. The molecule has 0 saturated carbocycles. The summed E-state index contributed by atoms with van der Waals surface area (Å²) in [4.78, 5) is 192. The van der Waals surface area contributed by atoms with Gasteiger partial charge in [-0.25, -0.2) is 9.59 Å². The molecule has 36 N–H and O–H groups in total. The van der Waals surface area contributed by atoms with Crippen molar-refractivity contribution in [3.8, 4) is 11.5 Å². The zero-order chi connectivity index (χ0) is 83.0. The van der Waals surface area contributed by atoms with Crippen LogP contribution in [-0.4, -0.2) is 244 Å². The molecule has 2 aromatic rings. The number of urea groups is 1. The topological polar surface area (TPSA) is 744 Å². The van der Waals surface area contributed by atoms with E-state index in [0.29, 0.717) is 17.5 Å². The number of nitrogens with one attached hydrogen (secondary N) is 16. The number of phenolic OH excluding ortho intramolecular Hbond substituents is 2. The van der Waals surface area contributed by atoms with Gasteiger partial charge in [-0.3, -0.25) is 68.4 Å². The van der Waals surface area contributed by atoms with Gasteiger partial charge in [0.15, 0.2) is 11.9 Å². The first-order valence-electron chi connectivity index (χ1n) is 35.2. The van der Waals surface area contributed by atoms with Crippen LogP contribution in [0.4, 0.5) is 4.79 Å². The number of guanidine groups is 2. The normalized spacial score (nSPS) is 14.7. The number of unbranched alkanes of at least 4 members (excludes halogenated alkanes) is 1.